The van der Waals surface area contributed by atoms with E-state index in [2.05, 4.69) is 10.6 Å². The van der Waals surface area contributed by atoms with Gasteiger partial charge in [-0.25, -0.2) is 8.78 Å². The Morgan fingerprint density at radius 3 is 2.52 bits per heavy atom. The van der Waals surface area contributed by atoms with Crippen molar-refractivity contribution in [3.8, 4) is 0 Å². The summed E-state index contributed by atoms with van der Waals surface area (Å²) >= 11 is 0. The van der Waals surface area contributed by atoms with E-state index in [0.29, 0.717) is 29.7 Å². The molecule has 2 aromatic carbocycles. The van der Waals surface area contributed by atoms with E-state index in [-0.39, 0.29) is 24.2 Å². The third-order valence-electron chi connectivity index (χ3n) is 4.90. The minimum absolute atomic E-state index is 0.0559. The number of carbonyl (C=O) groups excluding carboxylic acids is 2. The highest BCUT2D eigenvalue weighted by Crippen LogP contribution is 2.37. The Morgan fingerprint density at radius 2 is 1.85 bits per heavy atom. The molecule has 3 rings (SSSR count). The van der Waals surface area contributed by atoms with Crippen molar-refractivity contribution in [2.45, 2.75) is 31.2 Å². The van der Waals surface area contributed by atoms with E-state index in [0.717, 1.165) is 5.56 Å². The van der Waals surface area contributed by atoms with E-state index in [1.165, 1.54) is 12.1 Å². The zero-order valence-electron chi connectivity index (χ0n) is 14.9. The fraction of sp³-hybridized carbons (Fsp3) is 0.300. The van der Waals surface area contributed by atoms with E-state index < -0.39 is 17.7 Å². The largest absolute Gasteiger partial charge is 0.355 e. The Balaban J connectivity index is 1.62. The number of amides is 2. The number of carbonyl (C=O) groups is 2. The number of hydrogen-bond donors (Lipinski definition) is 3. The van der Waals surface area contributed by atoms with Crippen LogP contribution in [0.15, 0.2) is 36.4 Å². The summed E-state index contributed by atoms with van der Waals surface area (Å²) in [5, 5.41) is 5.26. The van der Waals surface area contributed by atoms with Gasteiger partial charge in [0.25, 0.3) is 5.91 Å². The molecule has 4 N–H and O–H groups in total. The lowest BCUT2D eigenvalue weighted by atomic mass is 9.91. The number of fused-ring (bicyclic) bond motifs is 1. The van der Waals surface area contributed by atoms with Crippen LogP contribution in [0, 0.1) is 11.6 Å². The van der Waals surface area contributed by atoms with Gasteiger partial charge in [0, 0.05) is 36.7 Å². The summed E-state index contributed by atoms with van der Waals surface area (Å²) < 4.78 is 26.9. The van der Waals surface area contributed by atoms with E-state index in [4.69, 9.17) is 5.73 Å². The topological polar surface area (TPSA) is 84.2 Å². The maximum atomic E-state index is 13.6. The third kappa shape index (κ3) is 4.14. The molecule has 0 fully saturated rings. The molecule has 7 heteroatoms. The van der Waals surface area contributed by atoms with Crippen molar-refractivity contribution in [2.24, 2.45) is 5.73 Å². The number of hydrogen-bond acceptors (Lipinski definition) is 3. The van der Waals surface area contributed by atoms with Gasteiger partial charge in [0.2, 0.25) is 5.91 Å². The molecule has 0 radical (unpaired) electrons. The minimum atomic E-state index is -0.895. The second-order valence-corrected chi connectivity index (χ2v) is 6.68. The van der Waals surface area contributed by atoms with Crippen LogP contribution < -0.4 is 16.4 Å². The van der Waals surface area contributed by atoms with Crippen LogP contribution >= 0.6 is 0 Å². The van der Waals surface area contributed by atoms with Crippen molar-refractivity contribution < 1.29 is 18.4 Å². The van der Waals surface area contributed by atoms with Gasteiger partial charge in [-0.05, 0) is 60.4 Å². The van der Waals surface area contributed by atoms with Gasteiger partial charge in [-0.15, -0.1) is 0 Å². The van der Waals surface area contributed by atoms with Crippen molar-refractivity contribution in [1.29, 1.82) is 0 Å². The van der Waals surface area contributed by atoms with Crippen LogP contribution in [0.25, 0.3) is 0 Å². The lowest BCUT2D eigenvalue weighted by molar-refractivity contribution is -0.116. The van der Waals surface area contributed by atoms with Gasteiger partial charge in [0.15, 0.2) is 11.6 Å². The summed E-state index contributed by atoms with van der Waals surface area (Å²) in [5.74, 6) is -2.42. The normalized spacial score (nSPS) is 16.5. The fourth-order valence-electron chi connectivity index (χ4n) is 3.49. The Hall–Kier alpha value is -2.80. The first-order chi connectivity index (χ1) is 12.9. The maximum absolute atomic E-state index is 13.6. The molecule has 142 valence electrons. The second-order valence-electron chi connectivity index (χ2n) is 6.68. The highest BCUT2D eigenvalue weighted by atomic mass is 19.2. The Bertz CT molecular complexity index is 868. The molecule has 27 heavy (non-hydrogen) atoms. The molecule has 0 spiro atoms. The molecule has 2 amide bonds. The van der Waals surface area contributed by atoms with E-state index in [1.54, 1.807) is 31.3 Å². The maximum Gasteiger partial charge on any atom is 0.251 e. The summed E-state index contributed by atoms with van der Waals surface area (Å²) in [5.41, 5.74) is 8.67. The first-order valence-electron chi connectivity index (χ1n) is 8.74. The van der Waals surface area contributed by atoms with E-state index >= 15 is 0 Å². The minimum Gasteiger partial charge on any atom is -0.355 e. The van der Waals surface area contributed by atoms with Gasteiger partial charge < -0.3 is 16.4 Å². The summed E-state index contributed by atoms with van der Waals surface area (Å²) in [7, 11) is 1.54. The van der Waals surface area contributed by atoms with Gasteiger partial charge in [0.05, 0.1) is 0 Å². The first kappa shape index (κ1) is 19.0. The number of aryl methyl sites for hydroxylation is 1. The van der Waals surface area contributed by atoms with E-state index in [1.807, 2.05) is 0 Å². The third-order valence-corrected chi connectivity index (χ3v) is 4.90. The summed E-state index contributed by atoms with van der Waals surface area (Å²) in [6.45, 7) is 0. The van der Waals surface area contributed by atoms with Gasteiger partial charge in [-0.1, -0.05) is 0 Å². The van der Waals surface area contributed by atoms with Crippen molar-refractivity contribution in [3.63, 3.8) is 0 Å². The monoisotopic (exact) mass is 373 g/mol. The lowest BCUT2D eigenvalue weighted by Crippen LogP contribution is -2.32. The molecule has 2 atom stereocenters. The van der Waals surface area contributed by atoms with Crippen LogP contribution in [0.4, 0.5) is 14.5 Å². The summed E-state index contributed by atoms with van der Waals surface area (Å²) in [4.78, 5) is 23.8. The van der Waals surface area contributed by atoms with Crippen LogP contribution in [0.2, 0.25) is 0 Å². The molecule has 0 heterocycles. The Labute approximate surface area is 155 Å². The van der Waals surface area contributed by atoms with E-state index in [9.17, 15) is 18.4 Å². The summed E-state index contributed by atoms with van der Waals surface area (Å²) in [6.07, 6.45) is 1.33. The highest BCUT2D eigenvalue weighted by molar-refractivity contribution is 5.95. The predicted molar refractivity (Wildman–Crippen MR) is 98.5 cm³/mol. The standard InChI is InChI=1S/C20H21F2N3O2/c1-24-20(27)11-2-5-13(6-3-11)25-19(26)10-18(23)14-7-4-12-8-16(21)17(22)9-15(12)14/h2-3,5-6,8-9,14,18H,4,7,10,23H2,1H3,(H,24,27)(H,25,26)/t14-,18-/m0/s1. The Morgan fingerprint density at radius 1 is 1.19 bits per heavy atom. The number of halogens is 2. The predicted octanol–water partition coefficient (Wildman–Crippen LogP) is 2.71. The van der Waals surface area contributed by atoms with Gasteiger partial charge in [0.1, 0.15) is 0 Å². The van der Waals surface area contributed by atoms with Crippen LogP contribution in [0.1, 0.15) is 40.2 Å². The molecule has 0 saturated heterocycles. The number of rotatable bonds is 5. The van der Waals surface area contributed by atoms with Gasteiger partial charge in [-0.2, -0.15) is 0 Å². The second kappa shape index (κ2) is 7.84. The van der Waals surface area contributed by atoms with Crippen molar-refractivity contribution in [2.75, 3.05) is 12.4 Å². The van der Waals surface area contributed by atoms with Crippen LogP contribution in [0.3, 0.4) is 0 Å². The molecule has 1 aliphatic carbocycles. The number of benzene rings is 2. The Kier molecular flexibility index (Phi) is 5.51. The van der Waals surface area contributed by atoms with Crippen LogP contribution in [0.5, 0.6) is 0 Å². The molecular weight excluding hydrogens is 352 g/mol. The zero-order chi connectivity index (χ0) is 19.6. The quantitative estimate of drug-likeness (QED) is 0.753. The van der Waals surface area contributed by atoms with Crippen LogP contribution in [-0.2, 0) is 11.2 Å². The average molecular weight is 373 g/mol. The average Bonchev–Trinajstić information content (AvgIpc) is 3.04. The van der Waals surface area contributed by atoms with Crippen molar-refractivity contribution >= 4 is 17.5 Å². The highest BCUT2D eigenvalue weighted by Gasteiger charge is 2.30. The number of nitrogens with two attached hydrogens (primary N) is 1. The number of nitrogens with one attached hydrogen (secondary N) is 2. The lowest BCUT2D eigenvalue weighted by Gasteiger charge is -2.20. The molecule has 0 unspecified atom stereocenters. The molecule has 1 aliphatic rings. The number of anilines is 1. The SMILES string of the molecule is CNC(=O)c1ccc(NC(=O)C[C@H](N)[C@H]2CCc3cc(F)c(F)cc32)cc1. The summed E-state index contributed by atoms with van der Waals surface area (Å²) in [6, 6.07) is 8.40. The van der Waals surface area contributed by atoms with Crippen molar-refractivity contribution in [1.82, 2.24) is 5.32 Å². The molecule has 0 aliphatic heterocycles. The zero-order valence-corrected chi connectivity index (χ0v) is 14.9. The smallest absolute Gasteiger partial charge is 0.251 e. The van der Waals surface area contributed by atoms with Crippen molar-refractivity contribution in [3.05, 3.63) is 64.7 Å². The molecule has 0 aromatic heterocycles. The molecular formula is C20H21F2N3O2. The molecule has 0 bridgehead atoms. The first-order valence-corrected chi connectivity index (χ1v) is 8.74. The molecule has 0 saturated carbocycles. The van der Waals surface area contributed by atoms with Crippen LogP contribution in [-0.4, -0.2) is 24.9 Å². The van der Waals surface area contributed by atoms with Gasteiger partial charge in [-0.3, -0.25) is 9.59 Å². The molecule has 2 aromatic rings. The molecule has 5 nitrogen and oxygen atoms in total. The van der Waals surface area contributed by atoms with Gasteiger partial charge >= 0.3 is 0 Å². The fourth-order valence-corrected chi connectivity index (χ4v) is 3.49.